The molecule has 4 aromatic rings. The fraction of sp³-hybridized carbons (Fsp3) is 0.100. The molecule has 0 radical (unpaired) electrons. The van der Waals surface area contributed by atoms with Crippen molar-refractivity contribution in [1.29, 1.82) is 0 Å². The van der Waals surface area contributed by atoms with Crippen molar-refractivity contribution < 1.29 is 13.9 Å². The van der Waals surface area contributed by atoms with E-state index in [-0.39, 0.29) is 24.2 Å². The third-order valence-corrected chi connectivity index (χ3v) is 4.39. The van der Waals surface area contributed by atoms with Gasteiger partial charge in [0.05, 0.1) is 11.6 Å². The Hall–Kier alpha value is -3.72. The first-order valence-corrected chi connectivity index (χ1v) is 9.31. The van der Waals surface area contributed by atoms with E-state index in [1.807, 2.05) is 6.07 Å². The largest absolute Gasteiger partial charge is 0.470 e. The lowest BCUT2D eigenvalue weighted by atomic mass is 10.2. The van der Waals surface area contributed by atoms with Crippen molar-refractivity contribution in [1.82, 2.24) is 24.5 Å². The summed E-state index contributed by atoms with van der Waals surface area (Å²) in [6, 6.07) is 14.7. The van der Waals surface area contributed by atoms with Crippen molar-refractivity contribution in [2.24, 2.45) is 0 Å². The van der Waals surface area contributed by atoms with Crippen molar-refractivity contribution in [3.63, 3.8) is 0 Å². The van der Waals surface area contributed by atoms with Gasteiger partial charge in [-0.15, -0.1) is 5.10 Å². The maximum atomic E-state index is 13.0. The number of carbonyl (C=O) groups excluding carboxylic acids is 1. The van der Waals surface area contributed by atoms with Crippen LogP contribution in [0.3, 0.4) is 0 Å². The smallest absolute Gasteiger partial charge is 0.278 e. The van der Waals surface area contributed by atoms with E-state index in [9.17, 15) is 9.18 Å². The van der Waals surface area contributed by atoms with E-state index in [4.69, 9.17) is 16.3 Å². The molecule has 1 amide bonds. The molecular weight excluding hydrogens is 411 g/mol. The molecule has 8 nitrogen and oxygen atoms in total. The van der Waals surface area contributed by atoms with Gasteiger partial charge >= 0.3 is 0 Å². The molecule has 4 rings (SSSR count). The molecule has 152 valence electrons. The Morgan fingerprint density at radius 1 is 1.07 bits per heavy atom. The number of anilines is 1. The van der Waals surface area contributed by atoms with Crippen LogP contribution < -0.4 is 10.1 Å². The summed E-state index contributed by atoms with van der Waals surface area (Å²) in [6.45, 7) is 0.499. The highest BCUT2D eigenvalue weighted by atomic mass is 35.5. The van der Waals surface area contributed by atoms with E-state index in [2.05, 4.69) is 20.5 Å². The number of carbonyl (C=O) groups is 1. The van der Waals surface area contributed by atoms with E-state index in [1.54, 1.807) is 47.3 Å². The molecule has 2 aromatic heterocycles. The van der Waals surface area contributed by atoms with Gasteiger partial charge in [-0.3, -0.25) is 10.1 Å². The van der Waals surface area contributed by atoms with Gasteiger partial charge in [0.2, 0.25) is 5.95 Å². The average molecular weight is 427 g/mol. The Labute approximate surface area is 175 Å². The van der Waals surface area contributed by atoms with Gasteiger partial charge in [0.25, 0.3) is 5.91 Å². The van der Waals surface area contributed by atoms with Gasteiger partial charge < -0.3 is 4.74 Å². The fourth-order valence-corrected chi connectivity index (χ4v) is 2.81. The second kappa shape index (κ2) is 8.75. The van der Waals surface area contributed by atoms with Crippen LogP contribution in [0.5, 0.6) is 5.75 Å². The number of ether oxygens (including phenoxy) is 1. The molecule has 1 N–H and O–H groups in total. The number of rotatable bonds is 7. The molecule has 0 saturated heterocycles. The van der Waals surface area contributed by atoms with E-state index < -0.39 is 5.91 Å². The molecule has 0 atom stereocenters. The molecular formula is C20H16ClFN6O2. The number of hydrogen-bond donors (Lipinski definition) is 1. The van der Waals surface area contributed by atoms with Gasteiger partial charge in [0, 0.05) is 6.20 Å². The Kier molecular flexibility index (Phi) is 5.71. The molecule has 0 aliphatic carbocycles. The molecule has 0 spiro atoms. The molecule has 30 heavy (non-hydrogen) atoms. The summed E-state index contributed by atoms with van der Waals surface area (Å²) in [5.41, 5.74) is 1.05. The van der Waals surface area contributed by atoms with E-state index in [0.29, 0.717) is 17.3 Å². The molecule has 2 heterocycles. The summed E-state index contributed by atoms with van der Waals surface area (Å²) in [5, 5.41) is 11.4. The first kappa shape index (κ1) is 19.6. The number of nitrogens with zero attached hydrogens (tertiary/aromatic N) is 5. The van der Waals surface area contributed by atoms with Crippen LogP contribution >= 0.6 is 11.6 Å². The van der Waals surface area contributed by atoms with Crippen LogP contribution in [0, 0.1) is 5.82 Å². The number of aromatic nitrogens is 5. The molecule has 0 unspecified atom stereocenters. The Morgan fingerprint density at radius 3 is 2.67 bits per heavy atom. The zero-order chi connectivity index (χ0) is 20.9. The number of benzene rings is 2. The van der Waals surface area contributed by atoms with Crippen LogP contribution in [0.2, 0.25) is 5.02 Å². The molecule has 0 aliphatic rings. The minimum Gasteiger partial charge on any atom is -0.470 e. The van der Waals surface area contributed by atoms with Gasteiger partial charge in [-0.25, -0.2) is 18.7 Å². The first-order chi connectivity index (χ1) is 14.6. The Bertz CT molecular complexity index is 1160. The summed E-state index contributed by atoms with van der Waals surface area (Å²) in [7, 11) is 0. The maximum Gasteiger partial charge on any atom is 0.278 e. The highest BCUT2D eigenvalue weighted by Crippen LogP contribution is 2.23. The van der Waals surface area contributed by atoms with Gasteiger partial charge in [-0.1, -0.05) is 35.9 Å². The summed E-state index contributed by atoms with van der Waals surface area (Å²) in [5.74, 6) is -0.0893. The van der Waals surface area contributed by atoms with Gasteiger partial charge in [-0.2, -0.15) is 5.10 Å². The molecule has 10 heteroatoms. The summed E-state index contributed by atoms with van der Waals surface area (Å²) in [4.78, 5) is 16.4. The van der Waals surface area contributed by atoms with Crippen molar-refractivity contribution in [3.05, 3.63) is 89.2 Å². The minimum atomic E-state index is -0.453. The van der Waals surface area contributed by atoms with E-state index in [1.165, 1.54) is 23.1 Å². The van der Waals surface area contributed by atoms with Crippen molar-refractivity contribution in [2.75, 3.05) is 5.32 Å². The van der Waals surface area contributed by atoms with Gasteiger partial charge in [0.1, 0.15) is 17.9 Å². The number of halogens is 2. The van der Waals surface area contributed by atoms with Crippen molar-refractivity contribution in [3.8, 4) is 5.75 Å². The highest BCUT2D eigenvalue weighted by Gasteiger charge is 2.13. The predicted molar refractivity (Wildman–Crippen MR) is 108 cm³/mol. The number of nitrogens with one attached hydrogen (secondary N) is 1. The Balaban J connectivity index is 1.34. The van der Waals surface area contributed by atoms with Crippen LogP contribution in [0.15, 0.2) is 67.1 Å². The average Bonchev–Trinajstić information content (AvgIpc) is 3.39. The zero-order valence-corrected chi connectivity index (χ0v) is 16.3. The second-order valence-corrected chi connectivity index (χ2v) is 6.70. The third-order valence-electron chi connectivity index (χ3n) is 4.08. The zero-order valence-electron chi connectivity index (χ0n) is 15.6. The van der Waals surface area contributed by atoms with Crippen LogP contribution in [0.25, 0.3) is 0 Å². The maximum absolute atomic E-state index is 13.0. The molecule has 0 bridgehead atoms. The van der Waals surface area contributed by atoms with E-state index >= 15 is 0 Å². The lowest BCUT2D eigenvalue weighted by Gasteiger charge is -2.07. The van der Waals surface area contributed by atoms with Crippen LogP contribution in [0.1, 0.15) is 16.1 Å². The lowest BCUT2D eigenvalue weighted by molar-refractivity contribution is 0.101. The molecule has 0 aliphatic heterocycles. The van der Waals surface area contributed by atoms with Gasteiger partial charge in [0.15, 0.2) is 12.4 Å². The summed E-state index contributed by atoms with van der Waals surface area (Å²) < 4.78 is 21.6. The van der Waals surface area contributed by atoms with Crippen molar-refractivity contribution in [2.45, 2.75) is 13.3 Å². The normalized spacial score (nSPS) is 10.7. The fourth-order valence-electron chi connectivity index (χ4n) is 2.62. The number of hydrogen-bond acceptors (Lipinski definition) is 5. The minimum absolute atomic E-state index is 0.0988. The van der Waals surface area contributed by atoms with Crippen LogP contribution in [0.4, 0.5) is 10.3 Å². The topological polar surface area (TPSA) is 86.9 Å². The number of amides is 1. The Morgan fingerprint density at radius 2 is 1.87 bits per heavy atom. The SMILES string of the molecule is O=C(Nc1ncn(Cc2ccc(F)cc2)n1)c1ccn(COc2ccccc2Cl)n1. The monoisotopic (exact) mass is 426 g/mol. The van der Waals surface area contributed by atoms with Crippen molar-refractivity contribution >= 4 is 23.5 Å². The highest BCUT2D eigenvalue weighted by molar-refractivity contribution is 6.32. The number of para-hydroxylation sites is 1. The molecule has 0 saturated carbocycles. The van der Waals surface area contributed by atoms with Gasteiger partial charge in [-0.05, 0) is 35.9 Å². The standard InChI is InChI=1S/C20H16ClFN6O2/c21-16-3-1-2-4-18(16)30-13-27-10-9-17(25-27)19(29)24-20-23-12-28(26-20)11-14-5-7-15(22)8-6-14/h1-10,12H,11,13H2,(H,24,26,29). The van der Waals surface area contributed by atoms with Crippen LogP contribution in [-0.2, 0) is 13.3 Å². The van der Waals surface area contributed by atoms with Crippen LogP contribution in [-0.4, -0.2) is 30.5 Å². The third kappa shape index (κ3) is 4.81. The first-order valence-electron chi connectivity index (χ1n) is 8.93. The quantitative estimate of drug-likeness (QED) is 0.488. The summed E-state index contributed by atoms with van der Waals surface area (Å²) in [6.07, 6.45) is 3.10. The lowest BCUT2D eigenvalue weighted by Crippen LogP contribution is -2.15. The van der Waals surface area contributed by atoms with E-state index in [0.717, 1.165) is 5.56 Å². The molecule has 2 aromatic carbocycles. The summed E-state index contributed by atoms with van der Waals surface area (Å²) >= 11 is 6.05. The molecule has 0 fully saturated rings. The second-order valence-electron chi connectivity index (χ2n) is 6.29. The predicted octanol–water partition coefficient (Wildman–Crippen LogP) is 3.60.